The van der Waals surface area contributed by atoms with E-state index in [2.05, 4.69) is 10.4 Å². The summed E-state index contributed by atoms with van der Waals surface area (Å²) in [4.78, 5) is 11.9. The van der Waals surface area contributed by atoms with Crippen LogP contribution in [0.1, 0.15) is 56.3 Å². The molecular weight excluding hydrogens is 266 g/mol. The lowest BCUT2D eigenvalue weighted by Gasteiger charge is -2.26. The average Bonchev–Trinajstić information content (AvgIpc) is 2.63. The van der Waals surface area contributed by atoms with Crippen molar-refractivity contribution in [2.24, 2.45) is 0 Å². The number of amides is 1. The number of carbonyl (C=O) groups excluding carboxylic acids is 1. The first-order chi connectivity index (χ1) is 9.98. The van der Waals surface area contributed by atoms with Crippen LogP contribution in [0, 0.1) is 13.8 Å². The molecule has 0 saturated heterocycles. The summed E-state index contributed by atoms with van der Waals surface area (Å²) in [6.45, 7) is 4.91. The molecule has 1 amide bonds. The van der Waals surface area contributed by atoms with Crippen LogP contribution in [0.3, 0.4) is 0 Å². The van der Waals surface area contributed by atoms with Gasteiger partial charge in [-0.1, -0.05) is 25.7 Å². The van der Waals surface area contributed by atoms with E-state index in [1.54, 1.807) is 0 Å². The summed E-state index contributed by atoms with van der Waals surface area (Å²) in [5.74, 6) is -0.0137. The minimum Gasteiger partial charge on any atom is -0.388 e. The highest BCUT2D eigenvalue weighted by Crippen LogP contribution is 2.26. The van der Waals surface area contributed by atoms with E-state index < -0.39 is 5.60 Å². The number of hydrogen-bond acceptors (Lipinski definition) is 3. The summed E-state index contributed by atoms with van der Waals surface area (Å²) in [5.41, 5.74) is 1.34. The molecule has 1 saturated carbocycles. The zero-order chi connectivity index (χ0) is 15.3. The number of rotatable bonds is 5. The van der Waals surface area contributed by atoms with Crippen LogP contribution in [0.15, 0.2) is 6.07 Å². The first kappa shape index (κ1) is 16.0. The second-order valence-corrected chi connectivity index (χ2v) is 6.32. The topological polar surface area (TPSA) is 67.2 Å². The van der Waals surface area contributed by atoms with Crippen LogP contribution in [0.25, 0.3) is 0 Å². The Bertz CT molecular complexity index is 474. The molecule has 1 fully saturated rings. The van der Waals surface area contributed by atoms with Crippen molar-refractivity contribution in [1.82, 2.24) is 15.1 Å². The molecule has 1 heterocycles. The van der Waals surface area contributed by atoms with Gasteiger partial charge in [0.05, 0.1) is 11.3 Å². The van der Waals surface area contributed by atoms with Crippen molar-refractivity contribution >= 4 is 5.91 Å². The van der Waals surface area contributed by atoms with Gasteiger partial charge in [-0.05, 0) is 32.8 Å². The van der Waals surface area contributed by atoms with Gasteiger partial charge >= 0.3 is 0 Å². The van der Waals surface area contributed by atoms with E-state index >= 15 is 0 Å². The molecule has 0 spiro atoms. The van der Waals surface area contributed by atoms with Gasteiger partial charge in [0.1, 0.15) is 0 Å². The lowest BCUT2D eigenvalue weighted by Crippen LogP contribution is -2.42. The van der Waals surface area contributed by atoms with Crippen LogP contribution in [-0.2, 0) is 11.3 Å². The maximum atomic E-state index is 11.9. The second kappa shape index (κ2) is 7.07. The van der Waals surface area contributed by atoms with E-state index in [4.69, 9.17) is 0 Å². The lowest BCUT2D eigenvalue weighted by atomic mass is 9.94. The summed E-state index contributed by atoms with van der Waals surface area (Å²) < 4.78 is 1.86. The van der Waals surface area contributed by atoms with Crippen LogP contribution in [-0.4, -0.2) is 32.9 Å². The Hall–Kier alpha value is -1.36. The van der Waals surface area contributed by atoms with E-state index in [-0.39, 0.29) is 5.91 Å². The maximum absolute atomic E-state index is 11.9. The molecule has 0 bridgehead atoms. The van der Waals surface area contributed by atoms with Crippen LogP contribution in [0.4, 0.5) is 0 Å². The third kappa shape index (κ3) is 4.84. The first-order valence-corrected chi connectivity index (χ1v) is 7.99. The first-order valence-electron chi connectivity index (χ1n) is 7.99. The monoisotopic (exact) mass is 293 g/mol. The van der Waals surface area contributed by atoms with Gasteiger partial charge in [-0.25, -0.2) is 0 Å². The van der Waals surface area contributed by atoms with Crippen LogP contribution in [0.2, 0.25) is 0 Å². The molecule has 1 aromatic heterocycles. The highest BCUT2D eigenvalue weighted by atomic mass is 16.3. The van der Waals surface area contributed by atoms with Crippen molar-refractivity contribution in [3.8, 4) is 0 Å². The SMILES string of the molecule is Cc1cc(C)n(CCC(=O)NCC2(O)CCCCCC2)n1. The fourth-order valence-corrected chi connectivity index (χ4v) is 3.02. The standard InChI is InChI=1S/C16H27N3O2/c1-13-11-14(2)19(18-13)10-7-15(20)17-12-16(21)8-5-3-4-6-9-16/h11,21H,3-10,12H2,1-2H3,(H,17,20). The van der Waals surface area contributed by atoms with Gasteiger partial charge < -0.3 is 10.4 Å². The Morgan fingerprint density at radius 2 is 2.00 bits per heavy atom. The Morgan fingerprint density at radius 1 is 1.33 bits per heavy atom. The molecule has 1 aliphatic carbocycles. The molecule has 21 heavy (non-hydrogen) atoms. The zero-order valence-electron chi connectivity index (χ0n) is 13.2. The molecule has 1 aliphatic rings. The fourth-order valence-electron chi connectivity index (χ4n) is 3.02. The number of carbonyl (C=O) groups is 1. The van der Waals surface area contributed by atoms with E-state index in [1.807, 2.05) is 24.6 Å². The van der Waals surface area contributed by atoms with Gasteiger partial charge in [0.25, 0.3) is 0 Å². The molecule has 0 aliphatic heterocycles. The van der Waals surface area contributed by atoms with Gasteiger partial charge in [-0.2, -0.15) is 5.10 Å². The summed E-state index contributed by atoms with van der Waals surface area (Å²) in [7, 11) is 0. The minimum absolute atomic E-state index is 0.0137. The van der Waals surface area contributed by atoms with E-state index in [1.165, 1.54) is 12.8 Å². The fraction of sp³-hybridized carbons (Fsp3) is 0.750. The van der Waals surface area contributed by atoms with Crippen LogP contribution < -0.4 is 5.32 Å². The summed E-state index contributed by atoms with van der Waals surface area (Å²) in [5, 5.41) is 17.7. The average molecular weight is 293 g/mol. The Balaban J connectivity index is 1.75. The third-order valence-electron chi connectivity index (χ3n) is 4.30. The van der Waals surface area contributed by atoms with Crippen molar-refractivity contribution in [1.29, 1.82) is 0 Å². The summed E-state index contributed by atoms with van der Waals surface area (Å²) in [6, 6.07) is 2.01. The molecular formula is C16H27N3O2. The van der Waals surface area contributed by atoms with Gasteiger partial charge in [-0.3, -0.25) is 9.48 Å². The molecule has 2 rings (SSSR count). The van der Waals surface area contributed by atoms with Crippen molar-refractivity contribution < 1.29 is 9.90 Å². The summed E-state index contributed by atoms with van der Waals surface area (Å²) >= 11 is 0. The number of hydrogen-bond donors (Lipinski definition) is 2. The zero-order valence-corrected chi connectivity index (χ0v) is 13.2. The molecule has 2 N–H and O–H groups in total. The smallest absolute Gasteiger partial charge is 0.221 e. The third-order valence-corrected chi connectivity index (χ3v) is 4.30. The van der Waals surface area contributed by atoms with E-state index in [0.717, 1.165) is 37.1 Å². The minimum atomic E-state index is -0.704. The van der Waals surface area contributed by atoms with Gasteiger partial charge in [0, 0.05) is 25.2 Å². The lowest BCUT2D eigenvalue weighted by molar-refractivity contribution is -0.122. The molecule has 0 atom stereocenters. The highest BCUT2D eigenvalue weighted by molar-refractivity contribution is 5.75. The molecule has 118 valence electrons. The summed E-state index contributed by atoms with van der Waals surface area (Å²) in [6.07, 6.45) is 6.48. The number of nitrogens with zero attached hydrogens (tertiary/aromatic N) is 2. The molecule has 0 aromatic carbocycles. The van der Waals surface area contributed by atoms with Gasteiger partial charge in [-0.15, -0.1) is 0 Å². The van der Waals surface area contributed by atoms with Crippen LogP contribution in [0.5, 0.6) is 0 Å². The van der Waals surface area contributed by atoms with E-state index in [0.29, 0.717) is 19.5 Å². The predicted molar refractivity (Wildman–Crippen MR) is 82.0 cm³/mol. The van der Waals surface area contributed by atoms with Crippen molar-refractivity contribution in [3.63, 3.8) is 0 Å². The van der Waals surface area contributed by atoms with Gasteiger partial charge in [0.15, 0.2) is 0 Å². The van der Waals surface area contributed by atoms with Crippen molar-refractivity contribution in [3.05, 3.63) is 17.5 Å². The highest BCUT2D eigenvalue weighted by Gasteiger charge is 2.28. The quantitative estimate of drug-likeness (QED) is 0.817. The Kier molecular flexibility index (Phi) is 5.39. The number of nitrogens with one attached hydrogen (secondary N) is 1. The second-order valence-electron chi connectivity index (χ2n) is 6.32. The largest absolute Gasteiger partial charge is 0.388 e. The number of aromatic nitrogens is 2. The van der Waals surface area contributed by atoms with E-state index in [9.17, 15) is 9.90 Å². The Morgan fingerprint density at radius 3 is 2.57 bits per heavy atom. The predicted octanol–water partition coefficient (Wildman–Crippen LogP) is 2.09. The Labute approximate surface area is 126 Å². The number of aliphatic hydroxyl groups is 1. The van der Waals surface area contributed by atoms with Gasteiger partial charge in [0.2, 0.25) is 5.91 Å². The van der Waals surface area contributed by atoms with Crippen molar-refractivity contribution in [2.75, 3.05) is 6.54 Å². The molecule has 0 unspecified atom stereocenters. The molecule has 5 heteroatoms. The molecule has 5 nitrogen and oxygen atoms in total. The normalized spacial score (nSPS) is 18.2. The maximum Gasteiger partial charge on any atom is 0.221 e. The molecule has 0 radical (unpaired) electrons. The molecule has 1 aromatic rings. The van der Waals surface area contributed by atoms with Crippen molar-refractivity contribution in [2.45, 2.75) is 70.9 Å². The number of aryl methyl sites for hydroxylation is 3. The van der Waals surface area contributed by atoms with Crippen LogP contribution >= 0.6 is 0 Å².